The molecule has 0 fully saturated rings. The summed E-state index contributed by atoms with van der Waals surface area (Å²) >= 11 is 0. The Balaban J connectivity index is 2.64. The van der Waals surface area contributed by atoms with Crippen LogP contribution in [-0.4, -0.2) is 40.6 Å². The second-order valence-electron chi connectivity index (χ2n) is 4.18. The van der Waals surface area contributed by atoms with Crippen LogP contribution in [0.5, 0.6) is 0 Å². The van der Waals surface area contributed by atoms with Crippen molar-refractivity contribution < 1.29 is 4.74 Å². The first-order valence-electron chi connectivity index (χ1n) is 6.34. The lowest BCUT2D eigenvalue weighted by atomic mass is 10.0. The van der Waals surface area contributed by atoms with Gasteiger partial charge in [-0.25, -0.2) is 4.98 Å². The summed E-state index contributed by atoms with van der Waals surface area (Å²) < 4.78 is 7.62. The smallest absolute Gasteiger partial charge is 0.138 e. The Hall–Kier alpha value is -0.940. The average molecular weight is 240 g/mol. The Kier molecular flexibility index (Phi) is 6.15. The zero-order chi connectivity index (χ0) is 12.7. The maximum atomic E-state index is 5.80. The number of aromatic nitrogens is 3. The molecule has 2 unspecified atom stereocenters. The molecule has 1 rings (SSSR count). The van der Waals surface area contributed by atoms with Gasteiger partial charge in [0.15, 0.2) is 0 Å². The maximum absolute atomic E-state index is 5.80. The Labute approximate surface area is 104 Å². The van der Waals surface area contributed by atoms with Crippen molar-refractivity contribution in [1.82, 2.24) is 20.1 Å². The van der Waals surface area contributed by atoms with E-state index in [1.807, 2.05) is 25.7 Å². The van der Waals surface area contributed by atoms with Crippen molar-refractivity contribution in [2.24, 2.45) is 7.05 Å². The lowest BCUT2D eigenvalue weighted by Crippen LogP contribution is -2.41. The third-order valence-electron chi connectivity index (χ3n) is 2.98. The average Bonchev–Trinajstić information content (AvgIpc) is 2.71. The number of hydrogen-bond acceptors (Lipinski definition) is 4. The van der Waals surface area contributed by atoms with Gasteiger partial charge in [0.25, 0.3) is 0 Å². The number of hydrogen-bond donors (Lipinski definition) is 1. The van der Waals surface area contributed by atoms with Crippen LogP contribution < -0.4 is 5.32 Å². The Morgan fingerprint density at radius 3 is 2.71 bits per heavy atom. The summed E-state index contributed by atoms with van der Waals surface area (Å²) in [7, 11) is 3.90. The molecule has 98 valence electrons. The molecule has 0 aliphatic carbocycles. The van der Waals surface area contributed by atoms with Crippen molar-refractivity contribution in [3.63, 3.8) is 0 Å². The van der Waals surface area contributed by atoms with E-state index in [0.717, 1.165) is 31.7 Å². The minimum atomic E-state index is 0.242. The molecule has 2 atom stereocenters. The molecule has 0 saturated heterocycles. The van der Waals surface area contributed by atoms with Crippen molar-refractivity contribution in [1.29, 1.82) is 0 Å². The molecule has 5 nitrogen and oxygen atoms in total. The van der Waals surface area contributed by atoms with E-state index in [-0.39, 0.29) is 12.1 Å². The van der Waals surface area contributed by atoms with Gasteiger partial charge in [0.2, 0.25) is 0 Å². The van der Waals surface area contributed by atoms with Gasteiger partial charge in [-0.2, -0.15) is 5.10 Å². The number of likely N-dealkylation sites (N-methyl/N-ethyl adjacent to an activating group) is 1. The van der Waals surface area contributed by atoms with E-state index in [2.05, 4.69) is 22.3 Å². The van der Waals surface area contributed by atoms with Crippen LogP contribution in [-0.2, 0) is 18.2 Å². The van der Waals surface area contributed by atoms with Crippen LogP contribution in [0.1, 0.15) is 32.5 Å². The summed E-state index contributed by atoms with van der Waals surface area (Å²) in [5.41, 5.74) is 0. The van der Waals surface area contributed by atoms with E-state index < -0.39 is 0 Å². The normalized spacial score (nSPS) is 14.8. The summed E-state index contributed by atoms with van der Waals surface area (Å²) in [5.74, 6) is 0.991. The third kappa shape index (κ3) is 4.09. The number of rotatable bonds is 8. The van der Waals surface area contributed by atoms with Crippen molar-refractivity contribution >= 4 is 0 Å². The molecule has 1 N–H and O–H groups in total. The van der Waals surface area contributed by atoms with E-state index in [1.54, 1.807) is 6.33 Å². The van der Waals surface area contributed by atoms with Crippen molar-refractivity contribution in [2.45, 2.75) is 45.3 Å². The number of nitrogens with zero attached hydrogens (tertiary/aromatic N) is 3. The summed E-state index contributed by atoms with van der Waals surface area (Å²) in [6.07, 6.45) is 4.88. The zero-order valence-electron chi connectivity index (χ0n) is 11.3. The molecule has 1 aromatic rings. The van der Waals surface area contributed by atoms with Gasteiger partial charge in [-0.3, -0.25) is 4.68 Å². The van der Waals surface area contributed by atoms with Gasteiger partial charge in [-0.15, -0.1) is 0 Å². The molecule has 0 aliphatic rings. The van der Waals surface area contributed by atoms with Crippen LogP contribution in [0.15, 0.2) is 6.33 Å². The summed E-state index contributed by atoms with van der Waals surface area (Å²) in [6.45, 7) is 4.97. The van der Waals surface area contributed by atoms with E-state index >= 15 is 0 Å². The first kappa shape index (κ1) is 14.1. The zero-order valence-corrected chi connectivity index (χ0v) is 11.3. The minimum Gasteiger partial charge on any atom is -0.377 e. The van der Waals surface area contributed by atoms with Crippen LogP contribution in [0.25, 0.3) is 0 Å². The second kappa shape index (κ2) is 7.40. The lowest BCUT2D eigenvalue weighted by molar-refractivity contribution is 0.0294. The highest BCUT2D eigenvalue weighted by atomic mass is 16.5. The second-order valence-corrected chi connectivity index (χ2v) is 4.18. The monoisotopic (exact) mass is 240 g/mol. The van der Waals surface area contributed by atoms with Crippen LogP contribution in [0.3, 0.4) is 0 Å². The highest BCUT2D eigenvalue weighted by molar-refractivity contribution is 4.91. The Morgan fingerprint density at radius 2 is 2.24 bits per heavy atom. The van der Waals surface area contributed by atoms with E-state index in [1.165, 1.54) is 0 Å². The van der Waals surface area contributed by atoms with Gasteiger partial charge >= 0.3 is 0 Å². The Bertz CT molecular complexity index is 307. The first-order chi connectivity index (χ1) is 8.22. The highest BCUT2D eigenvalue weighted by Crippen LogP contribution is 2.11. The molecular formula is C12H24N4O. The van der Waals surface area contributed by atoms with Crippen molar-refractivity contribution in [3.05, 3.63) is 12.2 Å². The molecule has 0 spiro atoms. The SMILES string of the molecule is CCCC(OCC)C(Cc1ncnn1C)NC. The van der Waals surface area contributed by atoms with Crippen LogP contribution >= 0.6 is 0 Å². The molecule has 17 heavy (non-hydrogen) atoms. The van der Waals surface area contributed by atoms with E-state index in [9.17, 15) is 0 Å². The van der Waals surface area contributed by atoms with Crippen molar-refractivity contribution in [3.8, 4) is 0 Å². The summed E-state index contributed by atoms with van der Waals surface area (Å²) in [6, 6.07) is 0.290. The molecular weight excluding hydrogens is 216 g/mol. The number of ether oxygens (including phenoxy) is 1. The molecule has 0 saturated carbocycles. The third-order valence-corrected chi connectivity index (χ3v) is 2.98. The molecule has 0 bridgehead atoms. The number of aryl methyl sites for hydroxylation is 1. The van der Waals surface area contributed by atoms with Gasteiger partial charge in [-0.1, -0.05) is 13.3 Å². The quantitative estimate of drug-likeness (QED) is 0.740. The van der Waals surface area contributed by atoms with Crippen LogP contribution in [0, 0.1) is 0 Å². The highest BCUT2D eigenvalue weighted by Gasteiger charge is 2.21. The molecule has 1 aromatic heterocycles. The predicted octanol–water partition coefficient (Wildman–Crippen LogP) is 1.15. The standard InChI is InChI=1S/C12H24N4O/c1-5-7-11(17-6-2)10(13-3)8-12-14-9-15-16(12)4/h9-11,13H,5-8H2,1-4H3. The lowest BCUT2D eigenvalue weighted by Gasteiger charge is -2.26. The van der Waals surface area contributed by atoms with E-state index in [0.29, 0.717) is 0 Å². The fraction of sp³-hybridized carbons (Fsp3) is 0.833. The number of nitrogens with one attached hydrogen (secondary N) is 1. The molecule has 1 heterocycles. The minimum absolute atomic E-state index is 0.242. The molecule has 0 amide bonds. The summed E-state index contributed by atoms with van der Waals surface area (Å²) in [5, 5.41) is 7.42. The fourth-order valence-corrected chi connectivity index (χ4v) is 2.02. The molecule has 0 aromatic carbocycles. The Morgan fingerprint density at radius 1 is 1.47 bits per heavy atom. The van der Waals surface area contributed by atoms with Gasteiger partial charge in [0.05, 0.1) is 6.10 Å². The topological polar surface area (TPSA) is 52.0 Å². The molecule has 0 aliphatic heterocycles. The van der Waals surface area contributed by atoms with Gasteiger partial charge in [0, 0.05) is 26.1 Å². The molecule has 5 heteroatoms. The van der Waals surface area contributed by atoms with Gasteiger partial charge in [0.1, 0.15) is 12.2 Å². The maximum Gasteiger partial charge on any atom is 0.138 e. The molecule has 0 radical (unpaired) electrons. The van der Waals surface area contributed by atoms with Crippen LogP contribution in [0.2, 0.25) is 0 Å². The fourth-order valence-electron chi connectivity index (χ4n) is 2.02. The predicted molar refractivity (Wildman–Crippen MR) is 67.9 cm³/mol. The van der Waals surface area contributed by atoms with Gasteiger partial charge < -0.3 is 10.1 Å². The van der Waals surface area contributed by atoms with Gasteiger partial charge in [-0.05, 0) is 20.4 Å². The first-order valence-corrected chi connectivity index (χ1v) is 6.34. The summed E-state index contributed by atoms with van der Waals surface area (Å²) in [4.78, 5) is 4.26. The largest absolute Gasteiger partial charge is 0.377 e. The van der Waals surface area contributed by atoms with Crippen LogP contribution in [0.4, 0.5) is 0 Å². The van der Waals surface area contributed by atoms with E-state index in [4.69, 9.17) is 4.74 Å². The van der Waals surface area contributed by atoms with Crippen molar-refractivity contribution in [2.75, 3.05) is 13.7 Å².